The van der Waals surface area contributed by atoms with Gasteiger partial charge in [0, 0.05) is 11.8 Å². The second-order valence-corrected chi connectivity index (χ2v) is 6.79. The zero-order chi connectivity index (χ0) is 20.1. The molecule has 146 valence electrons. The maximum atomic E-state index is 12.2. The Balaban J connectivity index is 1.52. The van der Waals surface area contributed by atoms with E-state index >= 15 is 0 Å². The largest absolute Gasteiger partial charge is 0.454 e. The van der Waals surface area contributed by atoms with Crippen molar-refractivity contribution in [2.45, 2.75) is 32.8 Å². The molecule has 6 nitrogen and oxygen atoms in total. The summed E-state index contributed by atoms with van der Waals surface area (Å²) in [5, 5.41) is 2.74. The number of carbonyl (C=O) groups excluding carboxylic acids is 2. The standard InChI is InChI=1S/C22H23NO5/c1-14(2)17-6-8-18(9-7-17)23-22(25)15(3)28-21(24)11-5-16-4-10-19-20(12-16)27-13-26-19/h4-12,14-15H,13H2,1-3H3,(H,23,25)/b11-5+/t15-/m0/s1. The van der Waals surface area contributed by atoms with Crippen molar-refractivity contribution in [1.29, 1.82) is 0 Å². The third-order valence-corrected chi connectivity index (χ3v) is 4.32. The van der Waals surface area contributed by atoms with Crippen LogP contribution in [0.5, 0.6) is 11.5 Å². The van der Waals surface area contributed by atoms with Gasteiger partial charge in [-0.15, -0.1) is 0 Å². The summed E-state index contributed by atoms with van der Waals surface area (Å²) >= 11 is 0. The highest BCUT2D eigenvalue weighted by Gasteiger charge is 2.17. The van der Waals surface area contributed by atoms with Crippen molar-refractivity contribution in [1.82, 2.24) is 0 Å². The van der Waals surface area contributed by atoms with Gasteiger partial charge in [-0.2, -0.15) is 0 Å². The molecule has 2 aromatic carbocycles. The zero-order valence-corrected chi connectivity index (χ0v) is 16.1. The molecule has 0 aromatic heterocycles. The summed E-state index contributed by atoms with van der Waals surface area (Å²) in [6.07, 6.45) is 1.96. The average molecular weight is 381 g/mol. The Morgan fingerprint density at radius 2 is 1.75 bits per heavy atom. The molecule has 0 unspecified atom stereocenters. The molecular formula is C22H23NO5. The number of ether oxygens (including phenoxy) is 3. The number of nitrogens with one attached hydrogen (secondary N) is 1. The van der Waals surface area contributed by atoms with Gasteiger partial charge in [0.25, 0.3) is 5.91 Å². The van der Waals surface area contributed by atoms with Crippen LogP contribution in [0.15, 0.2) is 48.5 Å². The number of hydrogen-bond donors (Lipinski definition) is 1. The predicted octanol–water partition coefficient (Wildman–Crippen LogP) is 4.12. The maximum absolute atomic E-state index is 12.2. The highest BCUT2D eigenvalue weighted by Crippen LogP contribution is 2.32. The Bertz CT molecular complexity index is 886. The van der Waals surface area contributed by atoms with Gasteiger partial charge in [-0.05, 0) is 54.3 Å². The minimum Gasteiger partial charge on any atom is -0.454 e. The van der Waals surface area contributed by atoms with Crippen molar-refractivity contribution in [3.8, 4) is 11.5 Å². The SMILES string of the molecule is CC(C)c1ccc(NC(=O)[C@H](C)OC(=O)/C=C/c2ccc3c(c2)OCO3)cc1. The Labute approximate surface area is 164 Å². The molecule has 0 bridgehead atoms. The Morgan fingerprint density at radius 3 is 2.46 bits per heavy atom. The lowest BCUT2D eigenvalue weighted by Gasteiger charge is -2.13. The zero-order valence-electron chi connectivity index (χ0n) is 16.1. The van der Waals surface area contributed by atoms with Crippen LogP contribution in [0, 0.1) is 0 Å². The first-order valence-corrected chi connectivity index (χ1v) is 9.11. The lowest BCUT2D eigenvalue weighted by Crippen LogP contribution is -2.29. The van der Waals surface area contributed by atoms with Crippen LogP contribution >= 0.6 is 0 Å². The fourth-order valence-corrected chi connectivity index (χ4v) is 2.64. The van der Waals surface area contributed by atoms with Crippen molar-refractivity contribution in [3.63, 3.8) is 0 Å². The van der Waals surface area contributed by atoms with Gasteiger partial charge in [0.05, 0.1) is 0 Å². The third-order valence-electron chi connectivity index (χ3n) is 4.32. The van der Waals surface area contributed by atoms with E-state index in [4.69, 9.17) is 14.2 Å². The van der Waals surface area contributed by atoms with Crippen molar-refractivity contribution in [3.05, 3.63) is 59.7 Å². The Morgan fingerprint density at radius 1 is 1.04 bits per heavy atom. The van der Waals surface area contributed by atoms with Gasteiger partial charge in [0.2, 0.25) is 6.79 Å². The highest BCUT2D eigenvalue weighted by atomic mass is 16.7. The average Bonchev–Trinajstić information content (AvgIpc) is 3.14. The van der Waals surface area contributed by atoms with E-state index in [0.29, 0.717) is 23.1 Å². The number of benzene rings is 2. The maximum Gasteiger partial charge on any atom is 0.331 e. The summed E-state index contributed by atoms with van der Waals surface area (Å²) in [6, 6.07) is 12.9. The van der Waals surface area contributed by atoms with Gasteiger partial charge < -0.3 is 19.5 Å². The van der Waals surface area contributed by atoms with E-state index in [2.05, 4.69) is 19.2 Å². The van der Waals surface area contributed by atoms with Crippen LogP contribution in [0.3, 0.4) is 0 Å². The summed E-state index contributed by atoms with van der Waals surface area (Å²) in [7, 11) is 0. The van der Waals surface area contributed by atoms with E-state index in [1.165, 1.54) is 18.6 Å². The number of fused-ring (bicyclic) bond motifs is 1. The summed E-state index contributed by atoms with van der Waals surface area (Å²) in [4.78, 5) is 24.2. The monoisotopic (exact) mass is 381 g/mol. The van der Waals surface area contributed by atoms with Gasteiger partial charge in [-0.25, -0.2) is 4.79 Å². The molecule has 0 fully saturated rings. The molecule has 28 heavy (non-hydrogen) atoms. The lowest BCUT2D eigenvalue weighted by molar-refractivity contribution is -0.148. The van der Waals surface area contributed by atoms with E-state index in [1.807, 2.05) is 24.3 Å². The normalized spacial score (nSPS) is 13.6. The van der Waals surface area contributed by atoms with Crippen LogP contribution in [0.1, 0.15) is 37.8 Å². The number of hydrogen-bond acceptors (Lipinski definition) is 5. The lowest BCUT2D eigenvalue weighted by atomic mass is 10.0. The van der Waals surface area contributed by atoms with E-state index in [1.54, 1.807) is 24.3 Å². The van der Waals surface area contributed by atoms with Crippen LogP contribution in [0.25, 0.3) is 6.08 Å². The van der Waals surface area contributed by atoms with Crippen LogP contribution in [-0.4, -0.2) is 24.8 Å². The molecule has 0 saturated carbocycles. The van der Waals surface area contributed by atoms with Gasteiger partial charge in [-0.1, -0.05) is 32.0 Å². The molecule has 1 amide bonds. The van der Waals surface area contributed by atoms with Gasteiger partial charge in [-0.3, -0.25) is 4.79 Å². The summed E-state index contributed by atoms with van der Waals surface area (Å²) < 4.78 is 15.7. The Kier molecular flexibility index (Phi) is 5.99. The molecule has 1 atom stereocenters. The van der Waals surface area contributed by atoms with E-state index in [-0.39, 0.29) is 12.7 Å². The molecule has 1 heterocycles. The van der Waals surface area contributed by atoms with Crippen molar-refractivity contribution < 1.29 is 23.8 Å². The molecule has 0 aliphatic carbocycles. The van der Waals surface area contributed by atoms with Crippen LogP contribution in [0.4, 0.5) is 5.69 Å². The first-order chi connectivity index (χ1) is 13.4. The van der Waals surface area contributed by atoms with Crippen LogP contribution in [-0.2, 0) is 14.3 Å². The summed E-state index contributed by atoms with van der Waals surface area (Å²) in [5.74, 6) is 0.733. The molecule has 2 aromatic rings. The quantitative estimate of drug-likeness (QED) is 0.602. The second kappa shape index (κ2) is 8.61. The first kappa shape index (κ1) is 19.5. The van der Waals surface area contributed by atoms with Gasteiger partial charge in [0.15, 0.2) is 17.6 Å². The second-order valence-electron chi connectivity index (χ2n) is 6.79. The van der Waals surface area contributed by atoms with Gasteiger partial charge in [0.1, 0.15) is 0 Å². The van der Waals surface area contributed by atoms with Crippen molar-refractivity contribution in [2.24, 2.45) is 0 Å². The molecule has 0 radical (unpaired) electrons. The molecule has 1 aliphatic rings. The molecule has 0 spiro atoms. The molecule has 3 rings (SSSR count). The van der Waals surface area contributed by atoms with E-state index < -0.39 is 12.1 Å². The van der Waals surface area contributed by atoms with E-state index in [0.717, 1.165) is 5.56 Å². The number of rotatable bonds is 6. The highest BCUT2D eigenvalue weighted by molar-refractivity contribution is 5.96. The molecule has 1 N–H and O–H groups in total. The van der Waals surface area contributed by atoms with Gasteiger partial charge >= 0.3 is 5.97 Å². The number of amides is 1. The predicted molar refractivity (Wildman–Crippen MR) is 106 cm³/mol. The number of anilines is 1. The molecular weight excluding hydrogens is 358 g/mol. The molecule has 6 heteroatoms. The smallest absolute Gasteiger partial charge is 0.331 e. The van der Waals surface area contributed by atoms with Crippen LogP contribution < -0.4 is 14.8 Å². The summed E-state index contributed by atoms with van der Waals surface area (Å²) in [5.41, 5.74) is 2.61. The minimum absolute atomic E-state index is 0.192. The third kappa shape index (κ3) is 4.91. The topological polar surface area (TPSA) is 73.9 Å². The van der Waals surface area contributed by atoms with Crippen molar-refractivity contribution in [2.75, 3.05) is 12.1 Å². The fraction of sp³-hybridized carbons (Fsp3) is 0.273. The first-order valence-electron chi connectivity index (χ1n) is 9.11. The minimum atomic E-state index is -0.918. The molecule has 1 aliphatic heterocycles. The van der Waals surface area contributed by atoms with E-state index in [9.17, 15) is 9.59 Å². The van der Waals surface area contributed by atoms with Crippen LogP contribution in [0.2, 0.25) is 0 Å². The fourth-order valence-electron chi connectivity index (χ4n) is 2.64. The Hall–Kier alpha value is -3.28. The summed E-state index contributed by atoms with van der Waals surface area (Å²) in [6.45, 7) is 5.93. The van der Waals surface area contributed by atoms with Crippen molar-refractivity contribution >= 4 is 23.6 Å². The number of esters is 1. The number of carbonyl (C=O) groups is 2. The molecule has 0 saturated heterocycles.